The van der Waals surface area contributed by atoms with E-state index in [1.807, 2.05) is 6.07 Å². The lowest BCUT2D eigenvalue weighted by Crippen LogP contribution is -2.44. The number of aliphatic hydroxyl groups is 1. The molecule has 0 amide bonds. The van der Waals surface area contributed by atoms with Gasteiger partial charge in [0.2, 0.25) is 0 Å². The van der Waals surface area contributed by atoms with Gasteiger partial charge in [0.25, 0.3) is 0 Å². The van der Waals surface area contributed by atoms with Gasteiger partial charge in [-0.15, -0.1) is 0 Å². The summed E-state index contributed by atoms with van der Waals surface area (Å²) in [6.07, 6.45) is 2.19. The number of aryl methyl sites for hydroxylation is 1. The van der Waals surface area contributed by atoms with Gasteiger partial charge in [-0.3, -0.25) is 4.79 Å². The second-order valence-electron chi connectivity index (χ2n) is 9.30. The third-order valence-corrected chi connectivity index (χ3v) is 6.78. The summed E-state index contributed by atoms with van der Waals surface area (Å²) in [5.41, 5.74) is 2.98. The molecular formula is C29H31FO7. The predicted octanol–water partition coefficient (Wildman–Crippen LogP) is 4.52. The highest BCUT2D eigenvalue weighted by molar-refractivity contribution is 5.89. The summed E-state index contributed by atoms with van der Waals surface area (Å²) in [6.45, 7) is 1.67. The smallest absolute Gasteiger partial charge is 0.338 e. The Morgan fingerprint density at radius 1 is 1.14 bits per heavy atom. The van der Waals surface area contributed by atoms with E-state index in [0.29, 0.717) is 23.1 Å². The van der Waals surface area contributed by atoms with Crippen molar-refractivity contribution < 1.29 is 38.0 Å². The molecule has 2 aromatic rings. The van der Waals surface area contributed by atoms with Crippen LogP contribution in [0.4, 0.5) is 4.39 Å². The van der Waals surface area contributed by atoms with E-state index in [-0.39, 0.29) is 25.1 Å². The lowest BCUT2D eigenvalue weighted by Gasteiger charge is -2.41. The van der Waals surface area contributed by atoms with Crippen LogP contribution < -0.4 is 0 Å². The van der Waals surface area contributed by atoms with Crippen molar-refractivity contribution >= 4 is 17.5 Å². The fourth-order valence-electron chi connectivity index (χ4n) is 4.86. The van der Waals surface area contributed by atoms with E-state index < -0.39 is 36.0 Å². The standard InChI is InChI=1S/C29H31FO7/c1-18-13-20(9-12-26(18)30)24-16-23(37-28(33)19-7-5-4-6-8-19)17-29(34-2,35-3)25(24)11-10-22-14-21(31)15-27(32)36-22/h4-13,21-23,31H,14-17H2,1-3H3/b11-10+/t21-,22-,23?/m1/s1. The molecule has 1 unspecified atom stereocenters. The van der Waals surface area contributed by atoms with Gasteiger partial charge in [-0.1, -0.05) is 30.3 Å². The molecule has 2 aromatic carbocycles. The first-order valence-electron chi connectivity index (χ1n) is 12.2. The molecule has 0 saturated carbocycles. The van der Waals surface area contributed by atoms with Gasteiger partial charge in [0.05, 0.1) is 18.1 Å². The third kappa shape index (κ3) is 5.98. The highest BCUT2D eigenvalue weighted by Gasteiger charge is 2.44. The van der Waals surface area contributed by atoms with Crippen molar-refractivity contribution in [1.29, 1.82) is 0 Å². The third-order valence-electron chi connectivity index (χ3n) is 6.78. The van der Waals surface area contributed by atoms with Crippen LogP contribution in [0.1, 0.15) is 47.2 Å². The van der Waals surface area contributed by atoms with E-state index in [1.54, 1.807) is 55.5 Å². The number of carbonyl (C=O) groups is 2. The summed E-state index contributed by atoms with van der Waals surface area (Å²) < 4.78 is 37.2. The van der Waals surface area contributed by atoms with E-state index in [1.165, 1.54) is 20.3 Å². The number of methoxy groups -OCH3 is 2. The molecule has 8 heteroatoms. The minimum atomic E-state index is -1.30. The Morgan fingerprint density at radius 3 is 2.51 bits per heavy atom. The van der Waals surface area contributed by atoms with Gasteiger partial charge in [-0.25, -0.2) is 9.18 Å². The van der Waals surface area contributed by atoms with Crippen LogP contribution in [0.2, 0.25) is 0 Å². The van der Waals surface area contributed by atoms with Gasteiger partial charge >= 0.3 is 11.9 Å². The molecule has 0 spiro atoms. The van der Waals surface area contributed by atoms with Crippen LogP contribution in [0.15, 0.2) is 66.3 Å². The quantitative estimate of drug-likeness (QED) is 0.433. The lowest BCUT2D eigenvalue weighted by molar-refractivity contribution is -0.195. The number of cyclic esters (lactones) is 1. The SMILES string of the molecule is COC1(OC)CC(OC(=O)c2ccccc2)CC(c2ccc(F)c(C)c2)=C1/C=C/[C@@H]1C[C@@H](O)CC(=O)O1. The van der Waals surface area contributed by atoms with Crippen molar-refractivity contribution in [1.82, 2.24) is 0 Å². The molecule has 0 radical (unpaired) electrons. The number of aliphatic hydroxyl groups excluding tert-OH is 1. The predicted molar refractivity (Wildman–Crippen MR) is 134 cm³/mol. The van der Waals surface area contributed by atoms with Gasteiger partial charge < -0.3 is 24.1 Å². The van der Waals surface area contributed by atoms with Crippen LogP contribution in [0.5, 0.6) is 0 Å². The first-order chi connectivity index (χ1) is 17.7. The van der Waals surface area contributed by atoms with Gasteiger partial charge in [-0.05, 0) is 54.0 Å². The van der Waals surface area contributed by atoms with Crippen LogP contribution in [0.3, 0.4) is 0 Å². The van der Waals surface area contributed by atoms with Crippen molar-refractivity contribution in [2.45, 2.75) is 56.7 Å². The first kappa shape index (κ1) is 26.7. The molecule has 2 aliphatic rings. The zero-order valence-corrected chi connectivity index (χ0v) is 21.1. The number of carbonyl (C=O) groups excluding carboxylic acids is 2. The van der Waals surface area contributed by atoms with E-state index in [2.05, 4.69) is 0 Å². The Balaban J connectivity index is 1.75. The maximum absolute atomic E-state index is 14.1. The molecule has 1 saturated heterocycles. The van der Waals surface area contributed by atoms with Crippen LogP contribution in [-0.2, 0) is 23.7 Å². The van der Waals surface area contributed by atoms with Gasteiger partial charge in [0.15, 0.2) is 5.79 Å². The molecule has 3 atom stereocenters. The molecule has 1 aliphatic carbocycles. The molecule has 196 valence electrons. The molecule has 0 aromatic heterocycles. The fraction of sp³-hybridized carbons (Fsp3) is 0.379. The van der Waals surface area contributed by atoms with Crippen molar-refractivity contribution in [2.24, 2.45) is 0 Å². The minimum Gasteiger partial charge on any atom is -0.458 e. The number of esters is 2. The maximum Gasteiger partial charge on any atom is 0.338 e. The summed E-state index contributed by atoms with van der Waals surface area (Å²) in [5, 5.41) is 10.0. The van der Waals surface area contributed by atoms with E-state index in [9.17, 15) is 19.1 Å². The number of hydrogen-bond acceptors (Lipinski definition) is 7. The number of hydrogen-bond donors (Lipinski definition) is 1. The fourth-order valence-corrected chi connectivity index (χ4v) is 4.86. The molecule has 1 N–H and O–H groups in total. The van der Waals surface area contributed by atoms with Gasteiger partial charge in [-0.2, -0.15) is 0 Å². The van der Waals surface area contributed by atoms with Crippen LogP contribution in [-0.4, -0.2) is 55.4 Å². The average molecular weight is 511 g/mol. The van der Waals surface area contributed by atoms with Gasteiger partial charge in [0, 0.05) is 39.1 Å². The summed E-state index contributed by atoms with van der Waals surface area (Å²) in [4.78, 5) is 24.7. The molecule has 7 nitrogen and oxygen atoms in total. The van der Waals surface area contributed by atoms with E-state index in [0.717, 1.165) is 11.1 Å². The second-order valence-corrected chi connectivity index (χ2v) is 9.30. The second kappa shape index (κ2) is 11.4. The number of rotatable bonds is 7. The number of halogens is 1. The molecule has 4 rings (SSSR count). The molecule has 1 heterocycles. The normalized spacial score (nSPS) is 23.7. The zero-order chi connectivity index (χ0) is 26.6. The lowest BCUT2D eigenvalue weighted by atomic mass is 9.80. The molecule has 37 heavy (non-hydrogen) atoms. The molecule has 1 aliphatic heterocycles. The Morgan fingerprint density at radius 2 is 1.86 bits per heavy atom. The van der Waals surface area contributed by atoms with E-state index >= 15 is 0 Å². The van der Waals surface area contributed by atoms with Crippen molar-refractivity contribution in [2.75, 3.05) is 14.2 Å². The van der Waals surface area contributed by atoms with Crippen molar-refractivity contribution in [3.8, 4) is 0 Å². The largest absolute Gasteiger partial charge is 0.458 e. The van der Waals surface area contributed by atoms with Gasteiger partial charge in [0.1, 0.15) is 18.0 Å². The topological polar surface area (TPSA) is 91.3 Å². The number of ether oxygens (including phenoxy) is 4. The van der Waals surface area contributed by atoms with Crippen LogP contribution >= 0.6 is 0 Å². The summed E-state index contributed by atoms with van der Waals surface area (Å²) >= 11 is 0. The molecular weight excluding hydrogens is 479 g/mol. The monoisotopic (exact) mass is 510 g/mol. The maximum atomic E-state index is 14.1. The summed E-state index contributed by atoms with van der Waals surface area (Å²) in [6, 6.07) is 13.5. The molecule has 0 bridgehead atoms. The Labute approximate surface area is 215 Å². The number of benzene rings is 2. The summed E-state index contributed by atoms with van der Waals surface area (Å²) in [7, 11) is 2.99. The average Bonchev–Trinajstić information content (AvgIpc) is 2.89. The Kier molecular flexibility index (Phi) is 8.22. The molecule has 1 fully saturated rings. The Bertz CT molecular complexity index is 1200. The van der Waals surface area contributed by atoms with Crippen LogP contribution in [0.25, 0.3) is 5.57 Å². The highest BCUT2D eigenvalue weighted by Crippen LogP contribution is 2.43. The van der Waals surface area contributed by atoms with Crippen molar-refractivity contribution in [3.05, 3.63) is 88.8 Å². The highest BCUT2D eigenvalue weighted by atomic mass is 19.1. The zero-order valence-electron chi connectivity index (χ0n) is 21.1. The van der Waals surface area contributed by atoms with Crippen LogP contribution in [0, 0.1) is 12.7 Å². The first-order valence-corrected chi connectivity index (χ1v) is 12.2. The summed E-state index contributed by atoms with van der Waals surface area (Å²) in [5.74, 6) is -2.58. The van der Waals surface area contributed by atoms with Crippen molar-refractivity contribution in [3.63, 3.8) is 0 Å². The van der Waals surface area contributed by atoms with E-state index in [4.69, 9.17) is 18.9 Å². The Hall–Kier alpha value is -3.33. The minimum absolute atomic E-state index is 0.0400.